The summed E-state index contributed by atoms with van der Waals surface area (Å²) in [5, 5.41) is 17.5. The maximum absolute atomic E-state index is 11.8. The Hall–Kier alpha value is -3.15. The molecule has 0 amide bonds. The van der Waals surface area contributed by atoms with Crippen LogP contribution in [0.4, 0.5) is 0 Å². The second-order valence-electron chi connectivity index (χ2n) is 4.10. The quantitative estimate of drug-likeness (QED) is 0.660. The summed E-state index contributed by atoms with van der Waals surface area (Å²) in [6, 6.07) is 10.7. The molecular weight excluding hydrogens is 276 g/mol. The van der Waals surface area contributed by atoms with Gasteiger partial charge in [-0.05, 0) is 48.5 Å². The Labute approximate surface area is 119 Å². The van der Waals surface area contributed by atoms with Crippen molar-refractivity contribution in [2.75, 3.05) is 0 Å². The number of carboxylic acids is 2. The second-order valence-corrected chi connectivity index (χ2v) is 4.10. The van der Waals surface area contributed by atoms with Crippen LogP contribution in [0.3, 0.4) is 0 Å². The fourth-order valence-electron chi connectivity index (χ4n) is 1.58. The van der Waals surface area contributed by atoms with E-state index in [-0.39, 0.29) is 22.4 Å². The lowest BCUT2D eigenvalue weighted by Gasteiger charge is -2.05. The van der Waals surface area contributed by atoms with Gasteiger partial charge in [0.1, 0.15) is 5.75 Å². The van der Waals surface area contributed by atoms with Gasteiger partial charge in [0.25, 0.3) is 0 Å². The summed E-state index contributed by atoms with van der Waals surface area (Å²) >= 11 is 0. The minimum atomic E-state index is -1.08. The average molecular weight is 286 g/mol. The molecule has 0 aliphatic rings. The zero-order valence-electron chi connectivity index (χ0n) is 10.6. The number of carbonyl (C=O) groups is 3. The van der Waals surface area contributed by atoms with E-state index in [1.54, 1.807) is 0 Å². The van der Waals surface area contributed by atoms with E-state index in [4.69, 9.17) is 14.9 Å². The molecule has 2 aromatic rings. The van der Waals surface area contributed by atoms with E-state index < -0.39 is 17.9 Å². The maximum atomic E-state index is 11.8. The van der Waals surface area contributed by atoms with Gasteiger partial charge in [-0.15, -0.1) is 0 Å². The van der Waals surface area contributed by atoms with Crippen LogP contribution in [0.15, 0.2) is 48.5 Å². The number of aromatic carboxylic acids is 2. The first-order valence-corrected chi connectivity index (χ1v) is 5.86. The summed E-state index contributed by atoms with van der Waals surface area (Å²) < 4.78 is 5.06. The summed E-state index contributed by atoms with van der Waals surface area (Å²) in [5.74, 6) is -2.61. The first-order valence-electron chi connectivity index (χ1n) is 5.86. The number of hydrogen-bond acceptors (Lipinski definition) is 4. The summed E-state index contributed by atoms with van der Waals surface area (Å²) in [6.45, 7) is 0. The van der Waals surface area contributed by atoms with Crippen LogP contribution in [-0.2, 0) is 0 Å². The fourth-order valence-corrected chi connectivity index (χ4v) is 1.58. The van der Waals surface area contributed by atoms with E-state index >= 15 is 0 Å². The predicted molar refractivity (Wildman–Crippen MR) is 71.8 cm³/mol. The molecule has 0 aliphatic heterocycles. The second kappa shape index (κ2) is 5.87. The van der Waals surface area contributed by atoms with Gasteiger partial charge < -0.3 is 14.9 Å². The molecule has 0 atom stereocenters. The van der Waals surface area contributed by atoms with Gasteiger partial charge in [0.15, 0.2) is 0 Å². The lowest BCUT2D eigenvalue weighted by atomic mass is 10.1. The van der Waals surface area contributed by atoms with Crippen molar-refractivity contribution >= 4 is 17.9 Å². The van der Waals surface area contributed by atoms with Crippen LogP contribution in [0, 0.1) is 0 Å². The Morgan fingerprint density at radius 2 is 1.05 bits per heavy atom. The van der Waals surface area contributed by atoms with Crippen LogP contribution < -0.4 is 4.74 Å². The molecule has 6 nitrogen and oxygen atoms in total. The Morgan fingerprint density at radius 1 is 0.667 bits per heavy atom. The van der Waals surface area contributed by atoms with E-state index in [1.807, 2.05) is 0 Å². The highest BCUT2D eigenvalue weighted by molar-refractivity contribution is 5.93. The molecule has 0 saturated carbocycles. The minimum absolute atomic E-state index is 0.0670. The highest BCUT2D eigenvalue weighted by Crippen LogP contribution is 2.15. The zero-order chi connectivity index (χ0) is 15.4. The Balaban J connectivity index is 2.10. The first kappa shape index (κ1) is 14.3. The van der Waals surface area contributed by atoms with E-state index in [9.17, 15) is 14.4 Å². The zero-order valence-corrected chi connectivity index (χ0v) is 10.6. The van der Waals surface area contributed by atoms with Crippen LogP contribution in [0.1, 0.15) is 31.1 Å². The molecule has 0 aliphatic carbocycles. The number of benzene rings is 2. The number of esters is 1. The molecule has 106 valence electrons. The summed E-state index contributed by atoms with van der Waals surface area (Å²) in [6.07, 6.45) is 0. The summed E-state index contributed by atoms with van der Waals surface area (Å²) in [5.41, 5.74) is 0.347. The molecule has 0 aromatic heterocycles. The molecule has 0 heterocycles. The number of carboxylic acid groups (broad SMARTS) is 2. The molecule has 0 saturated heterocycles. The number of ether oxygens (including phenoxy) is 1. The van der Waals surface area contributed by atoms with Crippen LogP contribution in [0.25, 0.3) is 0 Å². The summed E-state index contributed by atoms with van der Waals surface area (Å²) in [4.78, 5) is 33.2. The van der Waals surface area contributed by atoms with Crippen molar-refractivity contribution < 1.29 is 29.3 Å². The third-order valence-electron chi connectivity index (χ3n) is 2.68. The van der Waals surface area contributed by atoms with Crippen molar-refractivity contribution in [1.82, 2.24) is 0 Å². The third-order valence-corrected chi connectivity index (χ3v) is 2.68. The molecule has 2 N–H and O–H groups in total. The van der Waals surface area contributed by atoms with Crippen LogP contribution in [0.2, 0.25) is 0 Å². The number of rotatable bonds is 4. The van der Waals surface area contributed by atoms with Crippen molar-refractivity contribution in [3.05, 3.63) is 65.2 Å². The minimum Gasteiger partial charge on any atom is -0.478 e. The van der Waals surface area contributed by atoms with E-state index in [1.165, 1.54) is 48.5 Å². The predicted octanol–water partition coefficient (Wildman–Crippen LogP) is 2.30. The average Bonchev–Trinajstić information content (AvgIpc) is 2.47. The molecule has 6 heteroatoms. The Morgan fingerprint density at radius 3 is 1.48 bits per heavy atom. The van der Waals surface area contributed by atoms with Crippen molar-refractivity contribution in [3.63, 3.8) is 0 Å². The Kier molecular flexibility index (Phi) is 3.99. The topological polar surface area (TPSA) is 101 Å². The van der Waals surface area contributed by atoms with Gasteiger partial charge in [0, 0.05) is 0 Å². The normalized spacial score (nSPS) is 9.90. The van der Waals surface area contributed by atoms with Gasteiger partial charge in [-0.3, -0.25) is 0 Å². The maximum Gasteiger partial charge on any atom is 0.343 e. The van der Waals surface area contributed by atoms with Gasteiger partial charge >= 0.3 is 17.9 Å². The van der Waals surface area contributed by atoms with Gasteiger partial charge in [-0.25, -0.2) is 14.4 Å². The van der Waals surface area contributed by atoms with Gasteiger partial charge in [-0.2, -0.15) is 0 Å². The van der Waals surface area contributed by atoms with Crippen LogP contribution in [0.5, 0.6) is 5.75 Å². The molecule has 2 rings (SSSR count). The van der Waals surface area contributed by atoms with E-state index in [0.29, 0.717) is 0 Å². The fraction of sp³-hybridized carbons (Fsp3) is 0. The number of carbonyl (C=O) groups excluding carboxylic acids is 1. The lowest BCUT2D eigenvalue weighted by Crippen LogP contribution is -2.09. The van der Waals surface area contributed by atoms with Crippen molar-refractivity contribution in [3.8, 4) is 5.75 Å². The number of hydrogen-bond donors (Lipinski definition) is 2. The third kappa shape index (κ3) is 3.44. The lowest BCUT2D eigenvalue weighted by molar-refractivity contribution is 0.0685. The molecule has 0 radical (unpaired) electrons. The first-order chi connectivity index (χ1) is 9.97. The van der Waals surface area contributed by atoms with E-state index in [2.05, 4.69) is 0 Å². The van der Waals surface area contributed by atoms with Gasteiger partial charge in [0.05, 0.1) is 16.7 Å². The smallest absolute Gasteiger partial charge is 0.343 e. The van der Waals surface area contributed by atoms with Crippen molar-refractivity contribution in [1.29, 1.82) is 0 Å². The SMILES string of the molecule is O=C(O)c1ccc(OC(=O)c2ccc(C(=O)O)cc2)cc1. The Bertz CT molecular complexity index is 685. The monoisotopic (exact) mass is 286 g/mol. The van der Waals surface area contributed by atoms with Crippen LogP contribution in [-0.4, -0.2) is 28.1 Å². The molecule has 21 heavy (non-hydrogen) atoms. The van der Waals surface area contributed by atoms with Crippen molar-refractivity contribution in [2.45, 2.75) is 0 Å². The standard InChI is InChI=1S/C15H10O6/c16-13(17)9-1-3-11(4-2-9)15(20)21-12-7-5-10(6-8-12)14(18)19/h1-8H,(H,16,17)(H,18,19). The molecular formula is C15H10O6. The van der Waals surface area contributed by atoms with Crippen molar-refractivity contribution in [2.24, 2.45) is 0 Å². The molecule has 0 spiro atoms. The highest BCUT2D eigenvalue weighted by atomic mass is 16.5. The molecule has 2 aromatic carbocycles. The summed E-state index contributed by atoms with van der Waals surface area (Å²) in [7, 11) is 0. The van der Waals surface area contributed by atoms with Crippen LogP contribution >= 0.6 is 0 Å². The molecule has 0 unspecified atom stereocenters. The van der Waals surface area contributed by atoms with Gasteiger partial charge in [-0.1, -0.05) is 0 Å². The molecule has 0 fully saturated rings. The highest BCUT2D eigenvalue weighted by Gasteiger charge is 2.11. The molecule has 0 bridgehead atoms. The largest absolute Gasteiger partial charge is 0.478 e. The van der Waals surface area contributed by atoms with E-state index in [0.717, 1.165) is 0 Å². The van der Waals surface area contributed by atoms with Gasteiger partial charge in [0.2, 0.25) is 0 Å².